The minimum Gasteiger partial charge on any atom is -0.477 e. The first-order valence-electron chi connectivity index (χ1n) is 5.63. The predicted octanol–water partition coefficient (Wildman–Crippen LogP) is 0.0195. The van der Waals surface area contributed by atoms with Gasteiger partial charge < -0.3 is 16.2 Å². The highest BCUT2D eigenvalue weighted by Crippen LogP contribution is 2.04. The number of aromatic carboxylic acids is 1. The molecule has 0 spiro atoms. The number of aromatic nitrogens is 1. The first-order valence-corrected chi connectivity index (χ1v) is 5.63. The Morgan fingerprint density at radius 2 is 1.84 bits per heavy atom. The van der Waals surface area contributed by atoms with Gasteiger partial charge in [0.1, 0.15) is 17.4 Å². The van der Waals surface area contributed by atoms with Crippen molar-refractivity contribution in [3.8, 4) is 0 Å². The second-order valence-corrected chi connectivity index (χ2v) is 4.31. The molecular weight excluding hydrogens is 250 g/mol. The molecule has 0 aliphatic heterocycles. The zero-order valence-electron chi connectivity index (χ0n) is 10.6. The molecule has 0 bridgehead atoms. The van der Waals surface area contributed by atoms with Gasteiger partial charge >= 0.3 is 5.97 Å². The molecule has 102 valence electrons. The van der Waals surface area contributed by atoms with E-state index in [1.165, 1.54) is 18.2 Å². The van der Waals surface area contributed by atoms with Crippen molar-refractivity contribution in [2.45, 2.75) is 19.9 Å². The Balaban J connectivity index is 2.91. The van der Waals surface area contributed by atoms with Crippen molar-refractivity contribution in [3.05, 3.63) is 29.6 Å². The lowest BCUT2D eigenvalue weighted by Crippen LogP contribution is -2.47. The topological polar surface area (TPSA) is 122 Å². The quantitative estimate of drug-likeness (QED) is 0.692. The SMILES string of the molecule is CC(C)C(NC(=O)c1cccc(C(=O)O)n1)C(N)=O. The Morgan fingerprint density at radius 3 is 2.32 bits per heavy atom. The second-order valence-electron chi connectivity index (χ2n) is 4.31. The highest BCUT2D eigenvalue weighted by molar-refractivity contribution is 5.97. The molecule has 1 rings (SSSR count). The van der Waals surface area contributed by atoms with Crippen LogP contribution < -0.4 is 11.1 Å². The Labute approximate surface area is 109 Å². The molecule has 1 heterocycles. The molecule has 0 fully saturated rings. The number of pyridine rings is 1. The lowest BCUT2D eigenvalue weighted by atomic mass is 10.0. The van der Waals surface area contributed by atoms with Crippen molar-refractivity contribution in [3.63, 3.8) is 0 Å². The number of hydrogen-bond donors (Lipinski definition) is 3. The van der Waals surface area contributed by atoms with Crippen LogP contribution in [0.5, 0.6) is 0 Å². The van der Waals surface area contributed by atoms with Gasteiger partial charge in [0.25, 0.3) is 5.91 Å². The Morgan fingerprint density at radius 1 is 1.26 bits per heavy atom. The summed E-state index contributed by atoms with van der Waals surface area (Å²) in [5, 5.41) is 11.2. The molecule has 0 saturated heterocycles. The van der Waals surface area contributed by atoms with Crippen LogP contribution in [0.1, 0.15) is 34.8 Å². The molecule has 0 radical (unpaired) electrons. The number of hydrogen-bond acceptors (Lipinski definition) is 4. The number of nitrogens with one attached hydrogen (secondary N) is 1. The maximum Gasteiger partial charge on any atom is 0.354 e. The van der Waals surface area contributed by atoms with Gasteiger partial charge in [0.2, 0.25) is 5.91 Å². The monoisotopic (exact) mass is 265 g/mol. The molecule has 0 aromatic carbocycles. The van der Waals surface area contributed by atoms with Gasteiger partial charge in [-0.15, -0.1) is 0 Å². The summed E-state index contributed by atoms with van der Waals surface area (Å²) in [6.07, 6.45) is 0. The Kier molecular flexibility index (Phi) is 4.57. The molecular formula is C12H15N3O4. The molecule has 7 nitrogen and oxygen atoms in total. The van der Waals surface area contributed by atoms with Crippen LogP contribution in [0.25, 0.3) is 0 Å². The molecule has 0 saturated carbocycles. The summed E-state index contributed by atoms with van der Waals surface area (Å²) < 4.78 is 0. The van der Waals surface area contributed by atoms with E-state index < -0.39 is 23.8 Å². The molecule has 0 aliphatic rings. The average Bonchev–Trinajstić information content (AvgIpc) is 2.34. The van der Waals surface area contributed by atoms with Crippen LogP contribution in [0.2, 0.25) is 0 Å². The third-order valence-corrected chi connectivity index (χ3v) is 2.46. The third-order valence-electron chi connectivity index (χ3n) is 2.46. The number of carbonyl (C=O) groups excluding carboxylic acids is 2. The molecule has 0 aliphatic carbocycles. The molecule has 19 heavy (non-hydrogen) atoms. The van der Waals surface area contributed by atoms with Crippen LogP contribution in [0.15, 0.2) is 18.2 Å². The third kappa shape index (κ3) is 3.77. The molecule has 7 heteroatoms. The molecule has 2 amide bonds. The van der Waals surface area contributed by atoms with E-state index in [0.717, 1.165) is 0 Å². The fourth-order valence-electron chi connectivity index (χ4n) is 1.46. The number of amides is 2. The smallest absolute Gasteiger partial charge is 0.354 e. The summed E-state index contributed by atoms with van der Waals surface area (Å²) in [5.41, 5.74) is 4.85. The minimum atomic E-state index is -1.23. The molecule has 1 aromatic rings. The van der Waals surface area contributed by atoms with E-state index in [9.17, 15) is 14.4 Å². The number of carbonyl (C=O) groups is 3. The van der Waals surface area contributed by atoms with Crippen LogP contribution >= 0.6 is 0 Å². The summed E-state index contributed by atoms with van der Waals surface area (Å²) in [5.74, 6) is -2.70. The maximum absolute atomic E-state index is 11.9. The van der Waals surface area contributed by atoms with Gasteiger partial charge in [0.15, 0.2) is 0 Å². The first-order chi connectivity index (χ1) is 8.82. The fraction of sp³-hybridized carbons (Fsp3) is 0.333. The van der Waals surface area contributed by atoms with Gasteiger partial charge in [-0.2, -0.15) is 0 Å². The summed E-state index contributed by atoms with van der Waals surface area (Å²) >= 11 is 0. The van der Waals surface area contributed by atoms with Crippen molar-refractivity contribution in [1.29, 1.82) is 0 Å². The number of carboxylic acid groups (broad SMARTS) is 1. The minimum absolute atomic E-state index is 0.0770. The van der Waals surface area contributed by atoms with E-state index in [1.807, 2.05) is 0 Å². The summed E-state index contributed by atoms with van der Waals surface area (Å²) in [6, 6.07) is 3.20. The van der Waals surface area contributed by atoms with Gasteiger partial charge in [-0.25, -0.2) is 9.78 Å². The van der Waals surface area contributed by atoms with E-state index in [-0.39, 0.29) is 17.3 Å². The second kappa shape index (κ2) is 5.94. The van der Waals surface area contributed by atoms with Crippen LogP contribution in [0, 0.1) is 5.92 Å². The van der Waals surface area contributed by atoms with Crippen molar-refractivity contribution in [1.82, 2.24) is 10.3 Å². The van der Waals surface area contributed by atoms with Crippen molar-refractivity contribution in [2.75, 3.05) is 0 Å². The Hall–Kier alpha value is -2.44. The van der Waals surface area contributed by atoms with E-state index in [1.54, 1.807) is 13.8 Å². The van der Waals surface area contributed by atoms with E-state index in [0.29, 0.717) is 0 Å². The van der Waals surface area contributed by atoms with Gasteiger partial charge in [-0.1, -0.05) is 19.9 Å². The van der Waals surface area contributed by atoms with Crippen molar-refractivity contribution < 1.29 is 19.5 Å². The molecule has 1 atom stereocenters. The van der Waals surface area contributed by atoms with Gasteiger partial charge in [0.05, 0.1) is 0 Å². The van der Waals surface area contributed by atoms with Crippen LogP contribution in [-0.4, -0.2) is 33.9 Å². The van der Waals surface area contributed by atoms with Crippen LogP contribution in [-0.2, 0) is 4.79 Å². The maximum atomic E-state index is 11.9. The van der Waals surface area contributed by atoms with E-state index in [4.69, 9.17) is 10.8 Å². The highest BCUT2D eigenvalue weighted by atomic mass is 16.4. The summed E-state index contributed by atoms with van der Waals surface area (Å²) in [6.45, 7) is 3.47. The van der Waals surface area contributed by atoms with Gasteiger partial charge in [-0.3, -0.25) is 9.59 Å². The first kappa shape index (κ1) is 14.6. The molecule has 4 N–H and O–H groups in total. The number of nitrogens with two attached hydrogens (primary N) is 1. The normalized spacial score (nSPS) is 11.9. The lowest BCUT2D eigenvalue weighted by molar-refractivity contribution is -0.120. The standard InChI is InChI=1S/C12H15N3O4/c1-6(2)9(10(13)16)15-11(17)7-4-3-5-8(14-7)12(18)19/h3-6,9H,1-2H3,(H2,13,16)(H,15,17)(H,18,19). The number of carboxylic acids is 1. The predicted molar refractivity (Wildman–Crippen MR) is 66.5 cm³/mol. The van der Waals surface area contributed by atoms with E-state index in [2.05, 4.69) is 10.3 Å². The lowest BCUT2D eigenvalue weighted by Gasteiger charge is -2.18. The van der Waals surface area contributed by atoms with Gasteiger partial charge in [0, 0.05) is 0 Å². The average molecular weight is 265 g/mol. The van der Waals surface area contributed by atoms with Crippen LogP contribution in [0.3, 0.4) is 0 Å². The Bertz CT molecular complexity index is 513. The fourth-order valence-corrected chi connectivity index (χ4v) is 1.46. The molecule has 1 unspecified atom stereocenters. The largest absolute Gasteiger partial charge is 0.477 e. The van der Waals surface area contributed by atoms with E-state index >= 15 is 0 Å². The van der Waals surface area contributed by atoms with Crippen LogP contribution in [0.4, 0.5) is 0 Å². The number of rotatable bonds is 5. The summed E-state index contributed by atoms with van der Waals surface area (Å²) in [4.78, 5) is 37.5. The van der Waals surface area contributed by atoms with Crippen molar-refractivity contribution in [2.24, 2.45) is 11.7 Å². The zero-order valence-corrected chi connectivity index (χ0v) is 10.6. The van der Waals surface area contributed by atoms with Gasteiger partial charge in [-0.05, 0) is 18.1 Å². The highest BCUT2D eigenvalue weighted by Gasteiger charge is 2.23. The summed E-state index contributed by atoms with van der Waals surface area (Å²) in [7, 11) is 0. The molecule has 1 aromatic heterocycles. The number of nitrogens with zero attached hydrogens (tertiary/aromatic N) is 1. The van der Waals surface area contributed by atoms with Crippen molar-refractivity contribution >= 4 is 17.8 Å². The zero-order chi connectivity index (χ0) is 14.6. The number of primary amides is 1.